The zero-order chi connectivity index (χ0) is 20.9. The van der Waals surface area contributed by atoms with Crippen molar-refractivity contribution in [1.82, 2.24) is 19.7 Å². The molecule has 4 rings (SSSR count). The van der Waals surface area contributed by atoms with E-state index in [0.717, 1.165) is 46.5 Å². The molecule has 2 aromatic rings. The van der Waals surface area contributed by atoms with Crippen molar-refractivity contribution in [3.8, 4) is 17.2 Å². The molecule has 0 N–H and O–H groups in total. The fourth-order valence-electron chi connectivity index (χ4n) is 4.22. The summed E-state index contributed by atoms with van der Waals surface area (Å²) in [5.41, 5.74) is 3.80. The van der Waals surface area contributed by atoms with Gasteiger partial charge in [-0.2, -0.15) is 22.1 Å². The van der Waals surface area contributed by atoms with Gasteiger partial charge in [0.25, 0.3) is 0 Å². The van der Waals surface area contributed by atoms with Crippen LogP contribution in [0.3, 0.4) is 0 Å². The Kier molecular flexibility index (Phi) is 6.71. The third kappa shape index (κ3) is 4.85. The normalized spacial score (nSPS) is 19.1. The van der Waals surface area contributed by atoms with Gasteiger partial charge in [-0.15, -0.1) is 0 Å². The number of nitrogens with zero attached hydrogens (tertiary/aromatic N) is 5. The number of pyridine rings is 1. The highest BCUT2D eigenvalue weighted by molar-refractivity contribution is 8.00. The average Bonchev–Trinajstić information content (AvgIpc) is 3.08. The average molecular weight is 420 g/mol. The van der Waals surface area contributed by atoms with E-state index >= 15 is 0 Å². The summed E-state index contributed by atoms with van der Waals surface area (Å²) in [5.74, 6) is 1.21. The summed E-state index contributed by atoms with van der Waals surface area (Å²) < 4.78 is 1.79. The topological polar surface area (TPSA) is 57.7 Å². The van der Waals surface area contributed by atoms with Gasteiger partial charge in [-0.1, -0.05) is 31.9 Å². The van der Waals surface area contributed by atoms with E-state index in [1.54, 1.807) is 4.68 Å². The van der Waals surface area contributed by atoms with Gasteiger partial charge < -0.3 is 0 Å². The summed E-state index contributed by atoms with van der Waals surface area (Å²) in [5, 5.41) is 16.6. The first-order chi connectivity index (χ1) is 14.7. The van der Waals surface area contributed by atoms with Crippen molar-refractivity contribution in [3.05, 3.63) is 46.4 Å². The van der Waals surface area contributed by atoms with Crippen LogP contribution in [0.15, 0.2) is 30.1 Å². The largest absolute Gasteiger partial charge is 0.297 e. The van der Waals surface area contributed by atoms with Gasteiger partial charge in [-0.25, -0.2) is 4.98 Å². The van der Waals surface area contributed by atoms with Crippen LogP contribution < -0.4 is 10.6 Å². The van der Waals surface area contributed by atoms with Crippen molar-refractivity contribution in [2.75, 3.05) is 25.4 Å². The summed E-state index contributed by atoms with van der Waals surface area (Å²) in [6.45, 7) is 5.53. The number of thioether (sulfide) groups is 1. The van der Waals surface area contributed by atoms with E-state index in [1.807, 2.05) is 25.5 Å². The number of aryl methyl sites for hydroxylation is 1. The van der Waals surface area contributed by atoms with Gasteiger partial charge in [0.1, 0.15) is 11.8 Å². The monoisotopic (exact) mass is 419 g/mol. The smallest absolute Gasteiger partial charge is 0.141 e. The van der Waals surface area contributed by atoms with Crippen LogP contribution in [0, 0.1) is 11.3 Å². The molecule has 1 fully saturated rings. The standard InChI is InChI=1S/C24H29N5S/c1-3-4-7-21-17-29(9-10-30-21)15-18-6-5-8-22-23(19-14-26-28(2)16-19)12-20(13-25)27-24(22)11-18/h6,8,11-12,14,16,21H,3-5,7,9-10,15,17H2,1-2H3. The molecule has 0 saturated carbocycles. The second kappa shape index (κ2) is 9.63. The second-order valence-corrected chi connectivity index (χ2v) is 9.51. The predicted octanol–water partition coefficient (Wildman–Crippen LogP) is 2.85. The number of hydrogen-bond donors (Lipinski definition) is 0. The van der Waals surface area contributed by atoms with E-state index in [-0.39, 0.29) is 0 Å². The predicted molar refractivity (Wildman–Crippen MR) is 124 cm³/mol. The zero-order valence-corrected chi connectivity index (χ0v) is 18.7. The summed E-state index contributed by atoms with van der Waals surface area (Å²) in [7, 11) is 1.91. The lowest BCUT2D eigenvalue weighted by Crippen LogP contribution is -2.39. The third-order valence-corrected chi connectivity index (χ3v) is 7.03. The number of hydrogen-bond acceptors (Lipinski definition) is 5. The number of aromatic nitrogens is 3. The van der Waals surface area contributed by atoms with Crippen molar-refractivity contribution in [3.63, 3.8) is 0 Å². The Bertz CT molecular complexity index is 1090. The maximum absolute atomic E-state index is 9.53. The molecular formula is C24H29N5S. The minimum Gasteiger partial charge on any atom is -0.297 e. The molecule has 0 aromatic carbocycles. The van der Waals surface area contributed by atoms with Gasteiger partial charge in [0.05, 0.1) is 11.5 Å². The van der Waals surface area contributed by atoms with E-state index in [2.05, 4.69) is 58.0 Å². The van der Waals surface area contributed by atoms with Gasteiger partial charge >= 0.3 is 0 Å². The molecule has 1 saturated heterocycles. The molecule has 5 nitrogen and oxygen atoms in total. The van der Waals surface area contributed by atoms with Crippen molar-refractivity contribution < 1.29 is 0 Å². The Hall–Kier alpha value is -2.36. The number of nitriles is 1. The van der Waals surface area contributed by atoms with Gasteiger partial charge in [0.2, 0.25) is 0 Å². The molecule has 0 spiro atoms. The lowest BCUT2D eigenvalue weighted by atomic mass is 10.1. The van der Waals surface area contributed by atoms with E-state index < -0.39 is 0 Å². The lowest BCUT2D eigenvalue weighted by molar-refractivity contribution is 0.304. The van der Waals surface area contributed by atoms with Crippen LogP contribution in [-0.2, 0) is 7.05 Å². The minimum atomic E-state index is 0.451. The highest BCUT2D eigenvalue weighted by Crippen LogP contribution is 2.24. The molecule has 2 aromatic heterocycles. The molecule has 30 heavy (non-hydrogen) atoms. The summed E-state index contributed by atoms with van der Waals surface area (Å²) in [6.07, 6.45) is 15.4. The maximum Gasteiger partial charge on any atom is 0.141 e. The molecule has 1 atom stereocenters. The van der Waals surface area contributed by atoms with Crippen molar-refractivity contribution in [2.24, 2.45) is 7.05 Å². The lowest BCUT2D eigenvalue weighted by Gasteiger charge is -2.32. The van der Waals surface area contributed by atoms with Gasteiger partial charge in [0.15, 0.2) is 0 Å². The van der Waals surface area contributed by atoms with Crippen LogP contribution in [0.4, 0.5) is 0 Å². The molecule has 0 radical (unpaired) electrons. The number of fused-ring (bicyclic) bond motifs is 1. The Balaban J connectivity index is 1.62. The van der Waals surface area contributed by atoms with Crippen LogP contribution in [-0.4, -0.2) is 50.3 Å². The Morgan fingerprint density at radius 1 is 1.33 bits per heavy atom. The van der Waals surface area contributed by atoms with Gasteiger partial charge in [0, 0.05) is 54.7 Å². The highest BCUT2D eigenvalue weighted by atomic mass is 32.2. The Morgan fingerprint density at radius 2 is 2.23 bits per heavy atom. The molecule has 1 unspecified atom stereocenters. The van der Waals surface area contributed by atoms with Crippen LogP contribution in [0.25, 0.3) is 23.3 Å². The molecular weight excluding hydrogens is 390 g/mol. The first-order valence-electron chi connectivity index (χ1n) is 10.8. The van der Waals surface area contributed by atoms with Crippen molar-refractivity contribution in [2.45, 2.75) is 37.9 Å². The van der Waals surface area contributed by atoms with E-state index in [0.29, 0.717) is 5.69 Å². The minimum absolute atomic E-state index is 0.451. The van der Waals surface area contributed by atoms with Crippen LogP contribution in [0.5, 0.6) is 0 Å². The summed E-state index contributed by atoms with van der Waals surface area (Å²) in [6, 6.07) is 4.11. The summed E-state index contributed by atoms with van der Waals surface area (Å²) >= 11 is 2.13. The SMILES string of the molecule is CCCCC1CN(CC2=CCC=c3c(-c4cnn(C)c4)cc(C#N)nc3=C2)CCS1. The fourth-order valence-corrected chi connectivity index (χ4v) is 5.56. The van der Waals surface area contributed by atoms with Crippen molar-refractivity contribution >= 4 is 23.9 Å². The van der Waals surface area contributed by atoms with Gasteiger partial charge in [-0.3, -0.25) is 9.58 Å². The number of unbranched alkanes of at least 4 members (excludes halogenated alkanes) is 1. The highest BCUT2D eigenvalue weighted by Gasteiger charge is 2.20. The molecule has 0 bridgehead atoms. The van der Waals surface area contributed by atoms with Gasteiger partial charge in [-0.05, 0) is 36.1 Å². The second-order valence-electron chi connectivity index (χ2n) is 8.10. The fraction of sp³-hybridized carbons (Fsp3) is 0.458. The van der Waals surface area contributed by atoms with Crippen LogP contribution in [0.1, 0.15) is 38.3 Å². The van der Waals surface area contributed by atoms with Crippen molar-refractivity contribution in [1.29, 1.82) is 5.26 Å². The first kappa shape index (κ1) is 20.9. The number of rotatable bonds is 6. The van der Waals surface area contributed by atoms with E-state index in [4.69, 9.17) is 0 Å². The molecule has 156 valence electrons. The maximum atomic E-state index is 9.53. The number of allylic oxidation sites excluding steroid dienone is 1. The Labute approximate surface area is 182 Å². The molecule has 3 heterocycles. The molecule has 1 aliphatic heterocycles. The van der Waals surface area contributed by atoms with Crippen LogP contribution >= 0.6 is 11.8 Å². The first-order valence-corrected chi connectivity index (χ1v) is 11.9. The van der Waals surface area contributed by atoms with E-state index in [9.17, 15) is 5.26 Å². The Morgan fingerprint density at radius 3 is 3.00 bits per heavy atom. The van der Waals surface area contributed by atoms with Crippen LogP contribution in [0.2, 0.25) is 0 Å². The molecule has 0 amide bonds. The molecule has 2 aliphatic rings. The third-order valence-electron chi connectivity index (χ3n) is 5.75. The molecule has 1 aliphatic carbocycles. The van der Waals surface area contributed by atoms with E-state index in [1.165, 1.54) is 37.1 Å². The zero-order valence-electron chi connectivity index (χ0n) is 17.8. The quantitative estimate of drug-likeness (QED) is 0.721. The molecule has 6 heteroatoms. The summed E-state index contributed by atoms with van der Waals surface area (Å²) in [4.78, 5) is 7.23.